The van der Waals surface area contributed by atoms with Crippen molar-refractivity contribution in [3.8, 4) is 5.75 Å². The Balaban J connectivity index is 2.19. The first kappa shape index (κ1) is 16.2. The number of hydrogen-bond donors (Lipinski definition) is 1. The lowest BCUT2D eigenvalue weighted by atomic mass is 10.1. The maximum absolute atomic E-state index is 12.9. The van der Waals surface area contributed by atoms with Crippen LogP contribution >= 0.6 is 11.6 Å². The average molecular weight is 343 g/mol. The first-order valence-electron chi connectivity index (χ1n) is 7.49. The molecule has 0 radical (unpaired) electrons. The number of nitrogens with zero attached hydrogens (tertiary/aromatic N) is 1. The number of aromatic amines is 1. The molecule has 1 N–H and O–H groups in total. The number of H-pyrrole nitrogens is 1. The minimum atomic E-state index is -0.419. The van der Waals surface area contributed by atoms with Crippen LogP contribution in [-0.2, 0) is 4.79 Å². The quantitative estimate of drug-likeness (QED) is 0.573. The van der Waals surface area contributed by atoms with Crippen molar-refractivity contribution in [1.29, 1.82) is 0 Å². The summed E-state index contributed by atoms with van der Waals surface area (Å²) in [4.78, 5) is 31.8. The predicted octanol–water partition coefficient (Wildman–Crippen LogP) is 4.07. The van der Waals surface area contributed by atoms with E-state index in [0.29, 0.717) is 21.6 Å². The molecule has 0 atom stereocenters. The van der Waals surface area contributed by atoms with Crippen molar-refractivity contribution in [3.63, 3.8) is 0 Å². The minimum absolute atomic E-state index is 0.191. The van der Waals surface area contributed by atoms with E-state index in [-0.39, 0.29) is 23.6 Å². The van der Waals surface area contributed by atoms with Crippen LogP contribution in [0.5, 0.6) is 5.75 Å². The molecular weight excluding hydrogens is 328 g/mol. The van der Waals surface area contributed by atoms with Crippen LogP contribution in [0.4, 0.5) is 0 Å². The number of benzene rings is 1. The van der Waals surface area contributed by atoms with Crippen molar-refractivity contribution in [2.24, 2.45) is 0 Å². The summed E-state index contributed by atoms with van der Waals surface area (Å²) in [5, 5.41) is 1.14. The molecule has 0 bridgehead atoms. The normalized spacial score (nSPS) is 10.8. The molecule has 5 nitrogen and oxygen atoms in total. The van der Waals surface area contributed by atoms with Crippen molar-refractivity contribution in [1.82, 2.24) is 9.97 Å². The number of aryl methyl sites for hydroxylation is 1. The fraction of sp³-hybridized carbons (Fsp3) is 0.167. The molecule has 2 aromatic heterocycles. The average Bonchev–Trinajstić information content (AvgIpc) is 2.92. The molecule has 0 aliphatic rings. The number of ether oxygens (including phenoxy) is 1. The zero-order valence-electron chi connectivity index (χ0n) is 13.2. The van der Waals surface area contributed by atoms with Crippen LogP contribution < -0.4 is 4.74 Å². The van der Waals surface area contributed by atoms with Gasteiger partial charge in [0.2, 0.25) is 5.78 Å². The summed E-state index contributed by atoms with van der Waals surface area (Å²) in [6, 6.07) is 8.64. The first-order chi connectivity index (χ1) is 11.5. The number of rotatable bonds is 4. The highest BCUT2D eigenvalue weighted by Crippen LogP contribution is 2.33. The lowest BCUT2D eigenvalue weighted by Crippen LogP contribution is -2.12. The second kappa shape index (κ2) is 6.45. The molecule has 1 aromatic carbocycles. The van der Waals surface area contributed by atoms with E-state index in [1.54, 1.807) is 50.4 Å². The van der Waals surface area contributed by atoms with E-state index in [0.717, 1.165) is 5.56 Å². The van der Waals surface area contributed by atoms with Crippen LogP contribution in [0.2, 0.25) is 5.02 Å². The molecule has 0 saturated carbocycles. The summed E-state index contributed by atoms with van der Waals surface area (Å²) >= 11 is 6.01. The molecule has 3 rings (SSSR count). The predicted molar refractivity (Wildman–Crippen MR) is 91.6 cm³/mol. The highest BCUT2D eigenvalue weighted by molar-refractivity contribution is 6.31. The van der Waals surface area contributed by atoms with Gasteiger partial charge in [-0.25, -0.2) is 0 Å². The number of carbonyl (C=O) groups excluding carboxylic acids is 2. The molecule has 0 saturated heterocycles. The van der Waals surface area contributed by atoms with Gasteiger partial charge in [0.25, 0.3) is 0 Å². The Labute approximate surface area is 143 Å². The van der Waals surface area contributed by atoms with Crippen LogP contribution in [-0.4, -0.2) is 21.7 Å². The summed E-state index contributed by atoms with van der Waals surface area (Å²) in [5.41, 5.74) is 1.87. The molecule has 0 unspecified atom stereocenters. The van der Waals surface area contributed by atoms with Gasteiger partial charge in [-0.15, -0.1) is 0 Å². The highest BCUT2D eigenvalue weighted by atomic mass is 35.5. The molecule has 3 aromatic rings. The number of hydrogen-bond acceptors (Lipinski definition) is 4. The largest absolute Gasteiger partial charge is 0.423 e. The molecule has 2 heterocycles. The molecule has 0 aliphatic carbocycles. The van der Waals surface area contributed by atoms with E-state index in [1.807, 2.05) is 0 Å². The molecule has 0 fully saturated rings. The van der Waals surface area contributed by atoms with Gasteiger partial charge in [0, 0.05) is 23.0 Å². The van der Waals surface area contributed by atoms with Gasteiger partial charge < -0.3 is 9.72 Å². The van der Waals surface area contributed by atoms with E-state index in [4.69, 9.17) is 16.3 Å². The van der Waals surface area contributed by atoms with Crippen molar-refractivity contribution in [3.05, 3.63) is 58.5 Å². The Kier molecular flexibility index (Phi) is 4.36. The Morgan fingerprint density at radius 1 is 1.29 bits per heavy atom. The van der Waals surface area contributed by atoms with E-state index in [2.05, 4.69) is 9.97 Å². The molecule has 6 heteroatoms. The topological polar surface area (TPSA) is 72.1 Å². The summed E-state index contributed by atoms with van der Waals surface area (Å²) < 4.78 is 5.41. The third-order valence-electron chi connectivity index (χ3n) is 3.67. The van der Waals surface area contributed by atoms with Gasteiger partial charge in [-0.1, -0.05) is 24.6 Å². The Morgan fingerprint density at radius 3 is 2.79 bits per heavy atom. The number of esters is 1. The number of nitrogens with one attached hydrogen (secondary N) is 1. The zero-order valence-corrected chi connectivity index (χ0v) is 14.0. The first-order valence-corrected chi connectivity index (χ1v) is 7.87. The van der Waals surface area contributed by atoms with Gasteiger partial charge in [0.1, 0.15) is 11.4 Å². The van der Waals surface area contributed by atoms with Crippen LogP contribution in [0.25, 0.3) is 10.9 Å². The molecular formula is C18H15ClN2O3. The Morgan fingerprint density at radius 2 is 2.08 bits per heavy atom. The monoisotopic (exact) mass is 342 g/mol. The van der Waals surface area contributed by atoms with E-state index < -0.39 is 5.97 Å². The number of ketones is 1. The summed E-state index contributed by atoms with van der Waals surface area (Å²) in [6.45, 7) is 3.50. The molecule has 24 heavy (non-hydrogen) atoms. The van der Waals surface area contributed by atoms with Crippen LogP contribution in [0.1, 0.15) is 35.1 Å². The third kappa shape index (κ3) is 2.90. The molecule has 0 aliphatic heterocycles. The van der Waals surface area contributed by atoms with Gasteiger partial charge in [0.05, 0.1) is 5.52 Å². The van der Waals surface area contributed by atoms with Crippen LogP contribution in [0.3, 0.4) is 0 Å². The van der Waals surface area contributed by atoms with Crippen LogP contribution in [0, 0.1) is 6.92 Å². The molecule has 0 spiro atoms. The number of carbonyl (C=O) groups is 2. The summed E-state index contributed by atoms with van der Waals surface area (Å²) in [6.07, 6.45) is 1.76. The Bertz CT molecular complexity index is 947. The standard InChI is InChI=1S/C18H15ClN2O3/c1-3-14(22)24-18-12-7-6-11(19)9-13(12)21-16(18)17(23)15-10(2)5-4-8-20-15/h4-9,21H,3H2,1-2H3. The number of pyridine rings is 1. The van der Waals surface area contributed by atoms with E-state index in [9.17, 15) is 9.59 Å². The van der Waals surface area contributed by atoms with E-state index in [1.165, 1.54) is 0 Å². The number of halogens is 1. The SMILES string of the molecule is CCC(=O)Oc1c(C(=O)c2ncccc2C)[nH]c2cc(Cl)ccc12. The molecule has 0 amide bonds. The summed E-state index contributed by atoms with van der Waals surface area (Å²) in [5.74, 6) is -0.541. The number of fused-ring (bicyclic) bond motifs is 1. The molecule has 122 valence electrons. The maximum Gasteiger partial charge on any atom is 0.310 e. The smallest absolute Gasteiger partial charge is 0.310 e. The fourth-order valence-electron chi connectivity index (χ4n) is 2.44. The summed E-state index contributed by atoms with van der Waals surface area (Å²) in [7, 11) is 0. The van der Waals surface area contributed by atoms with Crippen molar-refractivity contribution in [2.45, 2.75) is 20.3 Å². The highest BCUT2D eigenvalue weighted by Gasteiger charge is 2.24. The van der Waals surface area contributed by atoms with Gasteiger partial charge in [0.15, 0.2) is 5.75 Å². The van der Waals surface area contributed by atoms with Crippen molar-refractivity contribution in [2.75, 3.05) is 0 Å². The lowest BCUT2D eigenvalue weighted by Gasteiger charge is -2.06. The van der Waals surface area contributed by atoms with Crippen molar-refractivity contribution < 1.29 is 14.3 Å². The second-order valence-corrected chi connectivity index (χ2v) is 5.78. The van der Waals surface area contributed by atoms with E-state index >= 15 is 0 Å². The van der Waals surface area contributed by atoms with Gasteiger partial charge in [-0.05, 0) is 36.8 Å². The third-order valence-corrected chi connectivity index (χ3v) is 3.90. The minimum Gasteiger partial charge on any atom is -0.423 e. The fourth-order valence-corrected chi connectivity index (χ4v) is 2.61. The lowest BCUT2D eigenvalue weighted by molar-refractivity contribution is -0.133. The van der Waals surface area contributed by atoms with Crippen molar-refractivity contribution >= 4 is 34.3 Å². The Hall–Kier alpha value is -2.66. The maximum atomic E-state index is 12.9. The van der Waals surface area contributed by atoms with Gasteiger partial charge in [-0.3, -0.25) is 14.6 Å². The zero-order chi connectivity index (χ0) is 17.3. The number of aromatic nitrogens is 2. The second-order valence-electron chi connectivity index (χ2n) is 5.34. The van der Waals surface area contributed by atoms with Gasteiger partial charge in [-0.2, -0.15) is 0 Å². The van der Waals surface area contributed by atoms with Crippen LogP contribution in [0.15, 0.2) is 36.5 Å². The van der Waals surface area contributed by atoms with Gasteiger partial charge >= 0.3 is 5.97 Å².